The fourth-order valence-electron chi connectivity index (χ4n) is 1.47. The highest BCUT2D eigenvalue weighted by Gasteiger charge is 2.13. The van der Waals surface area contributed by atoms with Crippen molar-refractivity contribution < 1.29 is 9.90 Å². The van der Waals surface area contributed by atoms with E-state index < -0.39 is 0 Å². The number of phenols is 1. The second-order valence-corrected chi connectivity index (χ2v) is 5.37. The highest BCUT2D eigenvalue weighted by molar-refractivity contribution is 7.99. The minimum Gasteiger partial charge on any atom is -0.507 e. The Bertz CT molecular complexity index is 393. The minimum absolute atomic E-state index is 0.0310. The minimum atomic E-state index is -0.213. The lowest BCUT2D eigenvalue weighted by atomic mass is 10.1. The SMILES string of the molecule is CCSCC(C)NC(=O)c1cc(C)ccc1O. The van der Waals surface area contributed by atoms with Crippen LogP contribution >= 0.6 is 11.8 Å². The highest BCUT2D eigenvalue weighted by Crippen LogP contribution is 2.18. The lowest BCUT2D eigenvalue weighted by Crippen LogP contribution is -2.34. The van der Waals surface area contributed by atoms with Crippen LogP contribution < -0.4 is 5.32 Å². The van der Waals surface area contributed by atoms with Crippen molar-refractivity contribution >= 4 is 17.7 Å². The molecule has 0 aliphatic heterocycles. The van der Waals surface area contributed by atoms with E-state index in [1.807, 2.05) is 13.8 Å². The molecule has 0 aliphatic rings. The van der Waals surface area contributed by atoms with E-state index in [2.05, 4.69) is 12.2 Å². The number of benzene rings is 1. The molecule has 0 spiro atoms. The van der Waals surface area contributed by atoms with Crippen LogP contribution in [0.3, 0.4) is 0 Å². The van der Waals surface area contributed by atoms with Gasteiger partial charge in [-0.25, -0.2) is 0 Å². The summed E-state index contributed by atoms with van der Waals surface area (Å²) >= 11 is 1.78. The molecule has 1 unspecified atom stereocenters. The number of aromatic hydroxyl groups is 1. The van der Waals surface area contributed by atoms with Crippen molar-refractivity contribution in [2.75, 3.05) is 11.5 Å². The summed E-state index contributed by atoms with van der Waals surface area (Å²) in [6.07, 6.45) is 0. The second-order valence-electron chi connectivity index (χ2n) is 4.05. The lowest BCUT2D eigenvalue weighted by Gasteiger charge is -2.14. The zero-order chi connectivity index (χ0) is 12.8. The van der Waals surface area contributed by atoms with E-state index >= 15 is 0 Å². The number of thioether (sulfide) groups is 1. The van der Waals surface area contributed by atoms with Crippen LogP contribution in [0.2, 0.25) is 0 Å². The number of rotatable bonds is 5. The largest absolute Gasteiger partial charge is 0.507 e. The Balaban J connectivity index is 2.66. The van der Waals surface area contributed by atoms with Crippen molar-refractivity contribution in [1.82, 2.24) is 5.32 Å². The van der Waals surface area contributed by atoms with Crippen LogP contribution in [-0.2, 0) is 0 Å². The number of phenolic OH excluding ortho intramolecular Hbond substituents is 1. The molecule has 0 fully saturated rings. The summed E-state index contributed by atoms with van der Waals surface area (Å²) < 4.78 is 0. The van der Waals surface area contributed by atoms with E-state index in [4.69, 9.17) is 0 Å². The van der Waals surface area contributed by atoms with Gasteiger partial charge in [0.2, 0.25) is 0 Å². The topological polar surface area (TPSA) is 49.3 Å². The number of carbonyl (C=O) groups is 1. The number of aryl methyl sites for hydroxylation is 1. The molecular formula is C13H19NO2S. The van der Waals surface area contributed by atoms with Gasteiger partial charge in [-0.2, -0.15) is 11.8 Å². The van der Waals surface area contributed by atoms with Gasteiger partial charge in [-0.15, -0.1) is 0 Å². The van der Waals surface area contributed by atoms with Gasteiger partial charge in [-0.3, -0.25) is 4.79 Å². The third-order valence-electron chi connectivity index (χ3n) is 2.35. The van der Waals surface area contributed by atoms with Gasteiger partial charge < -0.3 is 10.4 Å². The number of amides is 1. The Morgan fingerprint density at radius 1 is 1.53 bits per heavy atom. The van der Waals surface area contributed by atoms with E-state index in [9.17, 15) is 9.90 Å². The smallest absolute Gasteiger partial charge is 0.255 e. The van der Waals surface area contributed by atoms with Crippen molar-refractivity contribution in [3.05, 3.63) is 29.3 Å². The molecule has 0 saturated carbocycles. The van der Waals surface area contributed by atoms with E-state index in [0.29, 0.717) is 5.56 Å². The number of hydrogen-bond donors (Lipinski definition) is 2. The average molecular weight is 253 g/mol. The van der Waals surface area contributed by atoms with Gasteiger partial charge in [0.1, 0.15) is 5.75 Å². The monoisotopic (exact) mass is 253 g/mol. The predicted octanol–water partition coefficient (Wildman–Crippen LogP) is 2.57. The van der Waals surface area contributed by atoms with Gasteiger partial charge in [0.15, 0.2) is 0 Å². The Labute approximate surface area is 107 Å². The maximum absolute atomic E-state index is 11.9. The molecule has 17 heavy (non-hydrogen) atoms. The Morgan fingerprint density at radius 3 is 2.88 bits per heavy atom. The summed E-state index contributed by atoms with van der Waals surface area (Å²) in [6, 6.07) is 5.13. The van der Waals surface area contributed by atoms with Crippen LogP contribution in [0, 0.1) is 6.92 Å². The normalized spacial score (nSPS) is 12.2. The van der Waals surface area contributed by atoms with Crippen LogP contribution in [0.5, 0.6) is 5.75 Å². The molecule has 0 aliphatic carbocycles. The third-order valence-corrected chi connectivity index (χ3v) is 3.49. The molecule has 1 aromatic rings. The summed E-state index contributed by atoms with van der Waals surface area (Å²) in [4.78, 5) is 11.9. The molecule has 1 amide bonds. The quantitative estimate of drug-likeness (QED) is 0.848. The van der Waals surface area contributed by atoms with Crippen molar-refractivity contribution in [2.45, 2.75) is 26.8 Å². The summed E-state index contributed by atoms with van der Waals surface area (Å²) in [6.45, 7) is 5.95. The molecule has 94 valence electrons. The van der Waals surface area contributed by atoms with Crippen molar-refractivity contribution in [1.29, 1.82) is 0 Å². The molecule has 0 bridgehead atoms. The number of hydrogen-bond acceptors (Lipinski definition) is 3. The van der Waals surface area contributed by atoms with Gasteiger partial charge in [0, 0.05) is 11.8 Å². The average Bonchev–Trinajstić information content (AvgIpc) is 2.29. The standard InChI is InChI=1S/C13H19NO2S/c1-4-17-8-10(3)14-13(16)11-7-9(2)5-6-12(11)15/h5-7,10,15H,4,8H2,1-3H3,(H,14,16). The van der Waals surface area contributed by atoms with E-state index in [1.54, 1.807) is 30.0 Å². The van der Waals surface area contributed by atoms with Crippen LogP contribution in [0.15, 0.2) is 18.2 Å². The van der Waals surface area contributed by atoms with Gasteiger partial charge in [-0.05, 0) is 31.7 Å². The first kappa shape index (κ1) is 13.9. The van der Waals surface area contributed by atoms with Gasteiger partial charge in [0.25, 0.3) is 5.91 Å². The fourth-order valence-corrected chi connectivity index (χ4v) is 2.14. The summed E-state index contributed by atoms with van der Waals surface area (Å²) in [5, 5.41) is 12.5. The summed E-state index contributed by atoms with van der Waals surface area (Å²) in [5.74, 6) is 1.74. The first-order valence-electron chi connectivity index (χ1n) is 5.72. The van der Waals surface area contributed by atoms with Crippen molar-refractivity contribution in [3.63, 3.8) is 0 Å². The molecule has 0 heterocycles. The molecule has 4 heteroatoms. The van der Waals surface area contributed by atoms with Gasteiger partial charge >= 0.3 is 0 Å². The van der Waals surface area contributed by atoms with Gasteiger partial charge in [-0.1, -0.05) is 18.6 Å². The fraction of sp³-hybridized carbons (Fsp3) is 0.462. The summed E-state index contributed by atoms with van der Waals surface area (Å²) in [7, 11) is 0. The van der Waals surface area contributed by atoms with E-state index in [-0.39, 0.29) is 17.7 Å². The molecule has 0 saturated heterocycles. The maximum atomic E-state index is 11.9. The van der Waals surface area contributed by atoms with Gasteiger partial charge in [0.05, 0.1) is 5.56 Å². The third kappa shape index (κ3) is 4.30. The number of nitrogens with one attached hydrogen (secondary N) is 1. The van der Waals surface area contributed by atoms with Crippen LogP contribution in [-0.4, -0.2) is 28.6 Å². The lowest BCUT2D eigenvalue weighted by molar-refractivity contribution is 0.0941. The molecular weight excluding hydrogens is 234 g/mol. The Hall–Kier alpha value is -1.16. The van der Waals surface area contributed by atoms with Crippen molar-refractivity contribution in [2.24, 2.45) is 0 Å². The van der Waals surface area contributed by atoms with Crippen LogP contribution in [0.1, 0.15) is 29.8 Å². The zero-order valence-electron chi connectivity index (χ0n) is 10.5. The molecule has 1 rings (SSSR count). The van der Waals surface area contributed by atoms with Crippen molar-refractivity contribution in [3.8, 4) is 5.75 Å². The predicted molar refractivity (Wildman–Crippen MR) is 72.8 cm³/mol. The molecule has 2 N–H and O–H groups in total. The Morgan fingerprint density at radius 2 is 2.24 bits per heavy atom. The first-order chi connectivity index (χ1) is 8.04. The zero-order valence-corrected chi connectivity index (χ0v) is 11.3. The van der Waals surface area contributed by atoms with E-state index in [1.165, 1.54) is 0 Å². The number of carbonyl (C=O) groups excluding carboxylic acids is 1. The molecule has 1 aromatic carbocycles. The van der Waals surface area contributed by atoms with Crippen LogP contribution in [0.4, 0.5) is 0 Å². The summed E-state index contributed by atoms with van der Waals surface area (Å²) in [5.41, 5.74) is 1.31. The molecule has 1 atom stereocenters. The second kappa shape index (κ2) is 6.55. The van der Waals surface area contributed by atoms with E-state index in [0.717, 1.165) is 17.1 Å². The highest BCUT2D eigenvalue weighted by atomic mass is 32.2. The van der Waals surface area contributed by atoms with Crippen LogP contribution in [0.25, 0.3) is 0 Å². The first-order valence-corrected chi connectivity index (χ1v) is 6.88. The Kier molecular flexibility index (Phi) is 5.35. The molecule has 3 nitrogen and oxygen atoms in total. The molecule has 0 radical (unpaired) electrons. The maximum Gasteiger partial charge on any atom is 0.255 e. The molecule has 0 aromatic heterocycles.